The van der Waals surface area contributed by atoms with Gasteiger partial charge in [0.1, 0.15) is 0 Å². The SMILES string of the molecule is CN1CCC[C@]2(CO)CCN(C(=O)c3ccc(C(=O)N4CCOCC4)cc3)C[C@@H]12. The third-order valence-electron chi connectivity index (χ3n) is 6.98. The molecule has 0 aliphatic carbocycles. The van der Waals surface area contributed by atoms with Gasteiger partial charge in [0.15, 0.2) is 0 Å². The Balaban J connectivity index is 1.44. The summed E-state index contributed by atoms with van der Waals surface area (Å²) in [6.45, 7) is 4.85. The van der Waals surface area contributed by atoms with Crippen molar-refractivity contribution in [3.63, 3.8) is 0 Å². The Morgan fingerprint density at radius 1 is 1.00 bits per heavy atom. The quantitative estimate of drug-likeness (QED) is 0.821. The number of likely N-dealkylation sites (N-methyl/N-ethyl adjacent to an activating group) is 1. The normalized spacial score (nSPS) is 28.1. The fraction of sp³-hybridized carbons (Fsp3) is 0.636. The van der Waals surface area contributed by atoms with Crippen molar-refractivity contribution in [3.8, 4) is 0 Å². The van der Waals surface area contributed by atoms with Gasteiger partial charge in [0.2, 0.25) is 0 Å². The fourth-order valence-corrected chi connectivity index (χ4v) is 5.09. The minimum Gasteiger partial charge on any atom is -0.396 e. The monoisotopic (exact) mass is 401 g/mol. The number of aliphatic hydroxyl groups is 1. The van der Waals surface area contributed by atoms with Crippen molar-refractivity contribution in [2.75, 3.05) is 59.6 Å². The minimum atomic E-state index is -0.0851. The molecule has 3 heterocycles. The highest BCUT2D eigenvalue weighted by Gasteiger charge is 2.47. The van der Waals surface area contributed by atoms with Crippen LogP contribution in [0.25, 0.3) is 0 Å². The van der Waals surface area contributed by atoms with Gasteiger partial charge in [0.25, 0.3) is 11.8 Å². The molecule has 7 heteroatoms. The van der Waals surface area contributed by atoms with Crippen molar-refractivity contribution in [1.29, 1.82) is 0 Å². The van der Waals surface area contributed by atoms with Crippen molar-refractivity contribution in [2.45, 2.75) is 25.3 Å². The molecule has 0 spiro atoms. The van der Waals surface area contributed by atoms with Crippen LogP contribution in [0.15, 0.2) is 24.3 Å². The standard InChI is InChI=1S/C22H31N3O4/c1-23-9-2-7-22(16-26)8-10-25(15-19(22)23)21(28)18-5-3-17(4-6-18)20(27)24-11-13-29-14-12-24/h3-6,19,26H,2,7-16H2,1H3/t19-,22-/m1/s1. The molecular weight excluding hydrogens is 370 g/mol. The van der Waals surface area contributed by atoms with E-state index in [1.807, 2.05) is 4.90 Å². The predicted octanol–water partition coefficient (Wildman–Crippen LogP) is 1.08. The van der Waals surface area contributed by atoms with Crippen LogP contribution < -0.4 is 0 Å². The van der Waals surface area contributed by atoms with Crippen LogP contribution in [0.3, 0.4) is 0 Å². The van der Waals surface area contributed by atoms with E-state index in [0.717, 1.165) is 25.8 Å². The molecule has 1 N–H and O–H groups in total. The maximum Gasteiger partial charge on any atom is 0.254 e. The minimum absolute atomic E-state index is 0.000819. The Hall–Kier alpha value is -1.96. The van der Waals surface area contributed by atoms with E-state index in [1.165, 1.54) is 0 Å². The van der Waals surface area contributed by atoms with Crippen molar-refractivity contribution in [1.82, 2.24) is 14.7 Å². The highest BCUT2D eigenvalue weighted by atomic mass is 16.5. The van der Waals surface area contributed by atoms with E-state index >= 15 is 0 Å². The van der Waals surface area contributed by atoms with Gasteiger partial charge in [-0.05, 0) is 57.1 Å². The fourth-order valence-electron chi connectivity index (χ4n) is 5.09. The van der Waals surface area contributed by atoms with E-state index in [1.54, 1.807) is 29.2 Å². The molecule has 29 heavy (non-hydrogen) atoms. The molecule has 2 amide bonds. The number of benzene rings is 1. The zero-order valence-electron chi connectivity index (χ0n) is 17.2. The third-order valence-corrected chi connectivity index (χ3v) is 6.98. The van der Waals surface area contributed by atoms with Gasteiger partial charge in [-0.3, -0.25) is 9.59 Å². The summed E-state index contributed by atoms with van der Waals surface area (Å²) in [5, 5.41) is 10.1. The first-order valence-electron chi connectivity index (χ1n) is 10.6. The van der Waals surface area contributed by atoms with E-state index in [-0.39, 0.29) is 29.9 Å². The number of aliphatic hydroxyl groups excluding tert-OH is 1. The summed E-state index contributed by atoms with van der Waals surface area (Å²) < 4.78 is 5.30. The number of carbonyl (C=O) groups is 2. The zero-order valence-corrected chi connectivity index (χ0v) is 17.2. The van der Waals surface area contributed by atoms with Crippen LogP contribution in [0, 0.1) is 5.41 Å². The van der Waals surface area contributed by atoms with Gasteiger partial charge in [0.05, 0.1) is 19.8 Å². The van der Waals surface area contributed by atoms with Gasteiger partial charge in [-0.1, -0.05) is 0 Å². The maximum absolute atomic E-state index is 13.1. The molecule has 0 aromatic heterocycles. The first-order chi connectivity index (χ1) is 14.0. The topological polar surface area (TPSA) is 73.3 Å². The lowest BCUT2D eigenvalue weighted by Crippen LogP contribution is -2.62. The van der Waals surface area contributed by atoms with Crippen LogP contribution in [0.2, 0.25) is 0 Å². The molecule has 4 rings (SSSR count). The van der Waals surface area contributed by atoms with Gasteiger partial charge in [-0.2, -0.15) is 0 Å². The third kappa shape index (κ3) is 3.91. The lowest BCUT2D eigenvalue weighted by Gasteiger charge is -2.53. The summed E-state index contributed by atoms with van der Waals surface area (Å²) in [5.74, 6) is -0.0114. The molecule has 158 valence electrons. The molecule has 0 unspecified atom stereocenters. The number of rotatable bonds is 3. The second-order valence-electron chi connectivity index (χ2n) is 8.60. The summed E-state index contributed by atoms with van der Waals surface area (Å²) in [4.78, 5) is 31.7. The summed E-state index contributed by atoms with van der Waals surface area (Å²) >= 11 is 0. The highest BCUT2D eigenvalue weighted by molar-refractivity contribution is 5.98. The van der Waals surface area contributed by atoms with Gasteiger partial charge in [-0.25, -0.2) is 0 Å². The number of nitrogens with zero attached hydrogens (tertiary/aromatic N) is 3. The molecule has 1 aromatic carbocycles. The second kappa shape index (κ2) is 8.42. The number of hydrogen-bond donors (Lipinski definition) is 1. The molecule has 1 aromatic rings. The van der Waals surface area contributed by atoms with Gasteiger partial charge in [-0.15, -0.1) is 0 Å². The number of carbonyl (C=O) groups excluding carboxylic acids is 2. The lowest BCUT2D eigenvalue weighted by molar-refractivity contribution is -0.0601. The molecule has 7 nitrogen and oxygen atoms in total. The predicted molar refractivity (Wildman–Crippen MR) is 109 cm³/mol. The number of morpholine rings is 1. The largest absolute Gasteiger partial charge is 0.396 e. The smallest absolute Gasteiger partial charge is 0.254 e. The maximum atomic E-state index is 13.1. The summed E-state index contributed by atoms with van der Waals surface area (Å²) in [5.41, 5.74) is 1.13. The van der Waals surface area contributed by atoms with E-state index < -0.39 is 0 Å². The first-order valence-corrected chi connectivity index (χ1v) is 10.6. The van der Waals surface area contributed by atoms with Crippen LogP contribution in [0.5, 0.6) is 0 Å². The molecule has 3 aliphatic rings. The first kappa shape index (κ1) is 20.3. The molecule has 2 atom stereocenters. The average molecular weight is 402 g/mol. The number of piperidine rings is 2. The molecular formula is C22H31N3O4. The van der Waals surface area contributed by atoms with Crippen molar-refractivity contribution >= 4 is 11.8 Å². The Morgan fingerprint density at radius 2 is 1.62 bits per heavy atom. The lowest BCUT2D eigenvalue weighted by atomic mass is 9.69. The Labute approximate surface area is 172 Å². The van der Waals surface area contributed by atoms with E-state index in [2.05, 4.69) is 11.9 Å². The van der Waals surface area contributed by atoms with Crippen molar-refractivity contribution < 1.29 is 19.4 Å². The van der Waals surface area contributed by atoms with E-state index in [9.17, 15) is 14.7 Å². The Kier molecular flexibility index (Phi) is 5.90. The number of hydrogen-bond acceptors (Lipinski definition) is 5. The summed E-state index contributed by atoms with van der Waals surface area (Å²) in [6.07, 6.45) is 2.96. The molecule has 3 saturated heterocycles. The Morgan fingerprint density at radius 3 is 2.24 bits per heavy atom. The number of fused-ring (bicyclic) bond motifs is 1. The van der Waals surface area contributed by atoms with Gasteiger partial charge in [0, 0.05) is 48.8 Å². The van der Waals surface area contributed by atoms with Crippen LogP contribution in [0.4, 0.5) is 0 Å². The number of amides is 2. The second-order valence-corrected chi connectivity index (χ2v) is 8.60. The van der Waals surface area contributed by atoms with Gasteiger partial charge >= 0.3 is 0 Å². The van der Waals surface area contributed by atoms with Gasteiger partial charge < -0.3 is 24.5 Å². The van der Waals surface area contributed by atoms with Crippen LogP contribution in [-0.4, -0.2) is 97.3 Å². The molecule has 0 bridgehead atoms. The summed E-state index contributed by atoms with van der Waals surface area (Å²) in [7, 11) is 2.09. The number of likely N-dealkylation sites (tertiary alicyclic amines) is 2. The molecule has 3 aliphatic heterocycles. The Bertz CT molecular complexity index is 747. The average Bonchev–Trinajstić information content (AvgIpc) is 2.79. The zero-order chi connectivity index (χ0) is 20.4. The van der Waals surface area contributed by atoms with E-state index in [4.69, 9.17) is 4.74 Å². The molecule has 0 saturated carbocycles. The van der Waals surface area contributed by atoms with Crippen molar-refractivity contribution in [2.24, 2.45) is 5.41 Å². The number of ether oxygens (including phenoxy) is 1. The van der Waals surface area contributed by atoms with Crippen molar-refractivity contribution in [3.05, 3.63) is 35.4 Å². The van der Waals surface area contributed by atoms with E-state index in [0.29, 0.717) is 50.5 Å². The highest BCUT2D eigenvalue weighted by Crippen LogP contribution is 2.41. The van der Waals surface area contributed by atoms with Crippen LogP contribution in [0.1, 0.15) is 40.0 Å². The summed E-state index contributed by atoms with van der Waals surface area (Å²) in [6, 6.07) is 7.21. The molecule has 0 radical (unpaired) electrons. The van der Waals surface area contributed by atoms with Crippen LogP contribution in [-0.2, 0) is 4.74 Å². The van der Waals surface area contributed by atoms with Crippen LogP contribution >= 0.6 is 0 Å². The molecule has 3 fully saturated rings.